The van der Waals surface area contributed by atoms with E-state index in [0.717, 1.165) is 18.9 Å². The van der Waals surface area contributed by atoms with Crippen LogP contribution in [0.5, 0.6) is 0 Å². The molecule has 0 radical (unpaired) electrons. The van der Waals surface area contributed by atoms with E-state index in [4.69, 9.17) is 5.11 Å². The highest BCUT2D eigenvalue weighted by Crippen LogP contribution is 2.22. The van der Waals surface area contributed by atoms with Crippen molar-refractivity contribution >= 4 is 0 Å². The molecule has 1 aliphatic rings. The first kappa shape index (κ1) is 16.9. The number of unbranched alkanes of at least 4 members (excludes halogenated alkanes) is 2. The zero-order chi connectivity index (χ0) is 13.9. The molecule has 0 saturated carbocycles. The predicted octanol–water partition coefficient (Wildman–Crippen LogP) is 2.64. The largest absolute Gasteiger partial charge is 0.396 e. The summed E-state index contributed by atoms with van der Waals surface area (Å²) in [5.74, 6) is 0.872. The minimum absolute atomic E-state index is 0.304. The van der Waals surface area contributed by atoms with Gasteiger partial charge in [-0.15, -0.1) is 0 Å². The molecule has 0 aromatic rings. The smallest absolute Gasteiger partial charge is 0.0443 e. The maximum atomic E-state index is 8.88. The minimum Gasteiger partial charge on any atom is -0.396 e. The highest BCUT2D eigenvalue weighted by atomic mass is 16.3. The Bertz CT molecular complexity index is 195. The lowest BCUT2D eigenvalue weighted by molar-refractivity contribution is 0.132. The molecule has 2 atom stereocenters. The van der Waals surface area contributed by atoms with Crippen molar-refractivity contribution in [3.8, 4) is 0 Å². The molecule has 19 heavy (non-hydrogen) atoms. The van der Waals surface area contributed by atoms with E-state index in [1.807, 2.05) is 0 Å². The van der Waals surface area contributed by atoms with Crippen LogP contribution in [0.25, 0.3) is 0 Å². The molecule has 2 N–H and O–H groups in total. The average molecular weight is 270 g/mol. The zero-order valence-corrected chi connectivity index (χ0v) is 13.0. The number of aliphatic hydroxyl groups is 1. The van der Waals surface area contributed by atoms with E-state index in [1.165, 1.54) is 58.2 Å². The summed E-state index contributed by atoms with van der Waals surface area (Å²) in [5.41, 5.74) is 0. The van der Waals surface area contributed by atoms with Crippen LogP contribution in [0.2, 0.25) is 0 Å². The van der Waals surface area contributed by atoms with E-state index >= 15 is 0 Å². The fourth-order valence-corrected chi connectivity index (χ4v) is 3.10. The standard InChI is InChI=1S/C16H34N2O/c1-3-5-8-15-12-16(17-9-7-11-19)14-18(13-15)10-6-4-2/h15-17,19H,3-14H2,1-2H3. The van der Waals surface area contributed by atoms with Crippen LogP contribution < -0.4 is 5.32 Å². The number of nitrogens with one attached hydrogen (secondary N) is 1. The maximum absolute atomic E-state index is 8.88. The molecule has 0 spiro atoms. The number of nitrogens with zero attached hydrogens (tertiary/aromatic N) is 1. The topological polar surface area (TPSA) is 35.5 Å². The van der Waals surface area contributed by atoms with Crippen LogP contribution in [-0.4, -0.2) is 48.8 Å². The number of likely N-dealkylation sites (tertiary alicyclic amines) is 1. The molecule has 1 fully saturated rings. The van der Waals surface area contributed by atoms with Crippen molar-refractivity contribution in [1.82, 2.24) is 10.2 Å². The first-order valence-corrected chi connectivity index (χ1v) is 8.36. The molecule has 1 heterocycles. The first-order chi connectivity index (χ1) is 9.30. The van der Waals surface area contributed by atoms with Gasteiger partial charge in [-0.05, 0) is 44.7 Å². The van der Waals surface area contributed by atoms with Crippen LogP contribution in [0, 0.1) is 5.92 Å². The van der Waals surface area contributed by atoms with Crippen molar-refractivity contribution in [1.29, 1.82) is 0 Å². The molecule has 3 heteroatoms. The predicted molar refractivity (Wildman–Crippen MR) is 82.5 cm³/mol. The Labute approximate surface area is 119 Å². The second-order valence-electron chi connectivity index (χ2n) is 6.09. The van der Waals surface area contributed by atoms with E-state index in [0.29, 0.717) is 12.6 Å². The average Bonchev–Trinajstić information content (AvgIpc) is 2.43. The van der Waals surface area contributed by atoms with Crippen molar-refractivity contribution in [2.75, 3.05) is 32.8 Å². The summed E-state index contributed by atoms with van der Waals surface area (Å²) in [4.78, 5) is 2.66. The van der Waals surface area contributed by atoms with E-state index < -0.39 is 0 Å². The summed E-state index contributed by atoms with van der Waals surface area (Å²) in [6, 6.07) is 0.638. The van der Waals surface area contributed by atoms with Crippen molar-refractivity contribution in [2.24, 2.45) is 5.92 Å². The number of hydrogen-bond donors (Lipinski definition) is 2. The second-order valence-corrected chi connectivity index (χ2v) is 6.09. The SMILES string of the molecule is CCCCC1CC(NCCCO)CN(CCCC)C1. The van der Waals surface area contributed by atoms with Gasteiger partial charge in [0.1, 0.15) is 0 Å². The van der Waals surface area contributed by atoms with Gasteiger partial charge >= 0.3 is 0 Å². The fraction of sp³-hybridized carbons (Fsp3) is 1.00. The van der Waals surface area contributed by atoms with Gasteiger partial charge in [-0.2, -0.15) is 0 Å². The van der Waals surface area contributed by atoms with Gasteiger partial charge in [0.25, 0.3) is 0 Å². The summed E-state index contributed by atoms with van der Waals surface area (Å²) in [6.45, 7) is 9.59. The van der Waals surface area contributed by atoms with Gasteiger partial charge in [-0.1, -0.05) is 33.1 Å². The Hall–Kier alpha value is -0.120. The zero-order valence-electron chi connectivity index (χ0n) is 13.0. The van der Waals surface area contributed by atoms with Crippen LogP contribution in [0.3, 0.4) is 0 Å². The third-order valence-electron chi connectivity index (χ3n) is 4.17. The quantitative estimate of drug-likeness (QED) is 0.599. The Balaban J connectivity index is 2.36. The molecular formula is C16H34N2O. The van der Waals surface area contributed by atoms with Gasteiger partial charge in [-0.3, -0.25) is 0 Å². The van der Waals surface area contributed by atoms with E-state index in [1.54, 1.807) is 0 Å². The van der Waals surface area contributed by atoms with Crippen LogP contribution in [0.1, 0.15) is 58.8 Å². The van der Waals surface area contributed by atoms with Crippen LogP contribution in [0.15, 0.2) is 0 Å². The first-order valence-electron chi connectivity index (χ1n) is 8.36. The van der Waals surface area contributed by atoms with Crippen molar-refractivity contribution < 1.29 is 5.11 Å². The molecule has 1 saturated heterocycles. The molecule has 0 aromatic heterocycles. The van der Waals surface area contributed by atoms with Gasteiger partial charge in [-0.25, -0.2) is 0 Å². The van der Waals surface area contributed by atoms with Gasteiger partial charge in [0.05, 0.1) is 0 Å². The number of rotatable bonds is 10. The maximum Gasteiger partial charge on any atom is 0.0443 e. The normalized spacial score (nSPS) is 24.8. The second kappa shape index (κ2) is 10.6. The van der Waals surface area contributed by atoms with Gasteiger partial charge in [0.15, 0.2) is 0 Å². The minimum atomic E-state index is 0.304. The molecular weight excluding hydrogens is 236 g/mol. The Morgan fingerprint density at radius 1 is 1.11 bits per heavy atom. The van der Waals surface area contributed by atoms with Crippen molar-refractivity contribution in [3.05, 3.63) is 0 Å². The summed E-state index contributed by atoms with van der Waals surface area (Å²) in [6.07, 6.45) is 8.89. The molecule has 3 nitrogen and oxygen atoms in total. The van der Waals surface area contributed by atoms with Crippen LogP contribution in [0.4, 0.5) is 0 Å². The lowest BCUT2D eigenvalue weighted by Gasteiger charge is -2.38. The lowest BCUT2D eigenvalue weighted by atomic mass is 9.89. The van der Waals surface area contributed by atoms with Crippen LogP contribution >= 0.6 is 0 Å². The Morgan fingerprint density at radius 3 is 2.58 bits per heavy atom. The van der Waals surface area contributed by atoms with Crippen LogP contribution in [-0.2, 0) is 0 Å². The third kappa shape index (κ3) is 7.28. The molecule has 0 aliphatic carbocycles. The van der Waals surface area contributed by atoms with Gasteiger partial charge in [0.2, 0.25) is 0 Å². The third-order valence-corrected chi connectivity index (χ3v) is 4.17. The molecule has 0 bridgehead atoms. The van der Waals surface area contributed by atoms with Crippen molar-refractivity contribution in [3.63, 3.8) is 0 Å². The van der Waals surface area contributed by atoms with Gasteiger partial charge in [0, 0.05) is 25.7 Å². The van der Waals surface area contributed by atoms with E-state index in [2.05, 4.69) is 24.1 Å². The summed E-state index contributed by atoms with van der Waals surface area (Å²) >= 11 is 0. The lowest BCUT2D eigenvalue weighted by Crippen LogP contribution is -2.49. The Kier molecular flexibility index (Phi) is 9.48. The summed E-state index contributed by atoms with van der Waals surface area (Å²) in [7, 11) is 0. The monoisotopic (exact) mass is 270 g/mol. The highest BCUT2D eigenvalue weighted by Gasteiger charge is 2.25. The number of hydrogen-bond acceptors (Lipinski definition) is 3. The number of piperidine rings is 1. The summed E-state index contributed by atoms with van der Waals surface area (Å²) < 4.78 is 0. The molecule has 0 aromatic carbocycles. The molecule has 1 aliphatic heterocycles. The molecule has 114 valence electrons. The molecule has 1 rings (SSSR count). The molecule has 0 amide bonds. The number of aliphatic hydroxyl groups excluding tert-OH is 1. The van der Waals surface area contributed by atoms with E-state index in [-0.39, 0.29) is 0 Å². The van der Waals surface area contributed by atoms with E-state index in [9.17, 15) is 0 Å². The van der Waals surface area contributed by atoms with Crippen molar-refractivity contribution in [2.45, 2.75) is 64.8 Å². The fourth-order valence-electron chi connectivity index (χ4n) is 3.10. The highest BCUT2D eigenvalue weighted by molar-refractivity contribution is 4.83. The Morgan fingerprint density at radius 2 is 1.89 bits per heavy atom. The summed E-state index contributed by atoms with van der Waals surface area (Å²) in [5, 5.41) is 12.5. The van der Waals surface area contributed by atoms with Gasteiger partial charge < -0.3 is 15.3 Å². The molecule has 2 unspecified atom stereocenters.